The summed E-state index contributed by atoms with van der Waals surface area (Å²) in [5, 5.41) is 0. The van der Waals surface area contributed by atoms with Gasteiger partial charge in [0.1, 0.15) is 11.6 Å². The molecule has 0 aliphatic carbocycles. The fourth-order valence-electron chi connectivity index (χ4n) is 4.08. The lowest BCUT2D eigenvalue weighted by Crippen LogP contribution is -2.52. The van der Waals surface area contributed by atoms with Crippen LogP contribution in [0, 0.1) is 0 Å². The SMILES string of the molecule is CN1CCC(OC(=O)C(C)(c2ccccc2)N2CCCCCC2)CC1. The average Bonchev–Trinajstić information content (AvgIpc) is 2.93. The van der Waals surface area contributed by atoms with E-state index in [0.29, 0.717) is 0 Å². The summed E-state index contributed by atoms with van der Waals surface area (Å²) in [6.07, 6.45) is 6.75. The Labute approximate surface area is 152 Å². The Kier molecular flexibility index (Phi) is 6.13. The molecule has 1 unspecified atom stereocenters. The second-order valence-electron chi connectivity index (χ2n) is 7.75. The maximum atomic E-state index is 13.3. The summed E-state index contributed by atoms with van der Waals surface area (Å²) >= 11 is 0. The molecule has 2 aliphatic rings. The molecule has 1 aromatic rings. The first kappa shape index (κ1) is 18.4. The molecular weight excluding hydrogens is 312 g/mol. The quantitative estimate of drug-likeness (QED) is 0.784. The van der Waals surface area contributed by atoms with Crippen molar-refractivity contribution in [1.29, 1.82) is 0 Å². The van der Waals surface area contributed by atoms with Gasteiger partial charge in [-0.05, 0) is 58.3 Å². The van der Waals surface area contributed by atoms with Gasteiger partial charge in [-0.1, -0.05) is 43.2 Å². The van der Waals surface area contributed by atoms with Crippen LogP contribution >= 0.6 is 0 Å². The molecular formula is C21H32N2O2. The molecule has 138 valence electrons. The van der Waals surface area contributed by atoms with E-state index in [2.05, 4.69) is 35.9 Å². The summed E-state index contributed by atoms with van der Waals surface area (Å²) in [4.78, 5) is 18.0. The lowest BCUT2D eigenvalue weighted by molar-refractivity contribution is -0.166. The van der Waals surface area contributed by atoms with Crippen LogP contribution in [0.4, 0.5) is 0 Å². The van der Waals surface area contributed by atoms with Crippen molar-refractivity contribution in [2.45, 2.75) is 57.1 Å². The predicted molar refractivity (Wildman–Crippen MR) is 100 cm³/mol. The number of carbonyl (C=O) groups is 1. The Morgan fingerprint density at radius 3 is 2.20 bits per heavy atom. The van der Waals surface area contributed by atoms with Gasteiger partial charge in [-0.25, -0.2) is 4.79 Å². The van der Waals surface area contributed by atoms with E-state index in [1.807, 2.05) is 18.2 Å². The molecule has 0 radical (unpaired) electrons. The van der Waals surface area contributed by atoms with Crippen LogP contribution in [0.2, 0.25) is 0 Å². The van der Waals surface area contributed by atoms with Crippen molar-refractivity contribution in [1.82, 2.24) is 9.80 Å². The van der Waals surface area contributed by atoms with E-state index in [-0.39, 0.29) is 12.1 Å². The number of esters is 1. The van der Waals surface area contributed by atoms with Gasteiger partial charge in [-0.3, -0.25) is 4.90 Å². The van der Waals surface area contributed by atoms with Gasteiger partial charge in [0, 0.05) is 13.1 Å². The largest absolute Gasteiger partial charge is 0.461 e. The normalized spacial score (nSPS) is 23.6. The van der Waals surface area contributed by atoms with Gasteiger partial charge >= 0.3 is 5.97 Å². The summed E-state index contributed by atoms with van der Waals surface area (Å²) in [6.45, 7) is 6.00. The van der Waals surface area contributed by atoms with E-state index in [0.717, 1.165) is 57.4 Å². The highest BCUT2D eigenvalue weighted by Gasteiger charge is 2.43. The summed E-state index contributed by atoms with van der Waals surface area (Å²) in [5.74, 6) is -0.0739. The fourth-order valence-corrected chi connectivity index (χ4v) is 4.08. The second kappa shape index (κ2) is 8.33. The molecule has 3 rings (SSSR count). The van der Waals surface area contributed by atoms with Gasteiger partial charge in [0.2, 0.25) is 0 Å². The monoisotopic (exact) mass is 344 g/mol. The van der Waals surface area contributed by atoms with E-state index in [4.69, 9.17) is 4.74 Å². The molecule has 0 bridgehead atoms. The number of likely N-dealkylation sites (tertiary alicyclic amines) is 2. The van der Waals surface area contributed by atoms with Gasteiger partial charge in [-0.15, -0.1) is 0 Å². The van der Waals surface area contributed by atoms with Crippen molar-refractivity contribution in [2.24, 2.45) is 0 Å². The topological polar surface area (TPSA) is 32.8 Å². The zero-order valence-corrected chi connectivity index (χ0v) is 15.7. The van der Waals surface area contributed by atoms with E-state index in [1.165, 1.54) is 12.8 Å². The molecule has 1 atom stereocenters. The predicted octanol–water partition coefficient (Wildman–Crippen LogP) is 3.42. The van der Waals surface area contributed by atoms with Crippen molar-refractivity contribution in [3.05, 3.63) is 35.9 Å². The van der Waals surface area contributed by atoms with Crippen LogP contribution < -0.4 is 0 Å². The highest BCUT2D eigenvalue weighted by atomic mass is 16.5. The van der Waals surface area contributed by atoms with E-state index in [9.17, 15) is 4.79 Å². The molecule has 2 heterocycles. The van der Waals surface area contributed by atoms with Crippen LogP contribution in [-0.2, 0) is 15.1 Å². The van der Waals surface area contributed by atoms with Gasteiger partial charge in [0.25, 0.3) is 0 Å². The first-order valence-electron chi connectivity index (χ1n) is 9.81. The number of nitrogens with zero attached hydrogens (tertiary/aromatic N) is 2. The minimum absolute atomic E-state index is 0.0544. The third-order valence-corrected chi connectivity index (χ3v) is 5.91. The van der Waals surface area contributed by atoms with Crippen molar-refractivity contribution < 1.29 is 9.53 Å². The third-order valence-electron chi connectivity index (χ3n) is 5.91. The molecule has 2 saturated heterocycles. The first-order valence-corrected chi connectivity index (χ1v) is 9.81. The van der Waals surface area contributed by atoms with E-state index in [1.54, 1.807) is 0 Å². The van der Waals surface area contributed by atoms with Crippen molar-refractivity contribution in [2.75, 3.05) is 33.2 Å². The van der Waals surface area contributed by atoms with Crippen LogP contribution in [-0.4, -0.2) is 55.1 Å². The average molecular weight is 344 g/mol. The lowest BCUT2D eigenvalue weighted by atomic mass is 9.89. The van der Waals surface area contributed by atoms with Gasteiger partial charge < -0.3 is 9.64 Å². The Bertz CT molecular complexity index is 546. The van der Waals surface area contributed by atoms with Crippen molar-refractivity contribution in [3.8, 4) is 0 Å². The van der Waals surface area contributed by atoms with Crippen molar-refractivity contribution in [3.63, 3.8) is 0 Å². The Hall–Kier alpha value is -1.39. The number of carbonyl (C=O) groups excluding carboxylic acids is 1. The molecule has 0 N–H and O–H groups in total. The van der Waals surface area contributed by atoms with Gasteiger partial charge in [0.15, 0.2) is 0 Å². The smallest absolute Gasteiger partial charge is 0.331 e. The number of rotatable bonds is 4. The Morgan fingerprint density at radius 1 is 1.00 bits per heavy atom. The highest BCUT2D eigenvalue weighted by molar-refractivity contribution is 5.82. The summed E-state index contributed by atoms with van der Waals surface area (Å²) in [7, 11) is 2.13. The lowest BCUT2D eigenvalue weighted by Gasteiger charge is -2.40. The number of ether oxygens (including phenoxy) is 1. The first-order chi connectivity index (χ1) is 12.1. The number of hydrogen-bond donors (Lipinski definition) is 0. The maximum absolute atomic E-state index is 13.3. The van der Waals surface area contributed by atoms with E-state index < -0.39 is 5.54 Å². The van der Waals surface area contributed by atoms with Gasteiger partial charge in [-0.2, -0.15) is 0 Å². The molecule has 0 spiro atoms. The number of benzene rings is 1. The molecule has 1 aromatic carbocycles. The molecule has 0 aromatic heterocycles. The second-order valence-corrected chi connectivity index (χ2v) is 7.75. The molecule has 0 saturated carbocycles. The molecule has 2 aliphatic heterocycles. The zero-order chi connectivity index (χ0) is 17.7. The standard InChI is InChI=1S/C21H32N2O2/c1-21(18-10-6-5-7-11-18,23-14-8-3-4-9-15-23)20(24)25-19-12-16-22(2)17-13-19/h5-7,10-11,19H,3-4,8-9,12-17H2,1-2H3. The van der Waals surface area contributed by atoms with Crippen LogP contribution in [0.5, 0.6) is 0 Å². The summed E-state index contributed by atoms with van der Waals surface area (Å²) in [5.41, 5.74) is 0.365. The van der Waals surface area contributed by atoms with Crippen LogP contribution in [0.1, 0.15) is 51.0 Å². The minimum atomic E-state index is -0.686. The Balaban J connectivity index is 1.81. The molecule has 0 amide bonds. The number of hydrogen-bond acceptors (Lipinski definition) is 4. The summed E-state index contributed by atoms with van der Waals surface area (Å²) < 4.78 is 6.05. The molecule has 4 heteroatoms. The molecule has 2 fully saturated rings. The molecule has 25 heavy (non-hydrogen) atoms. The zero-order valence-electron chi connectivity index (χ0n) is 15.7. The Morgan fingerprint density at radius 2 is 1.60 bits per heavy atom. The van der Waals surface area contributed by atoms with Crippen LogP contribution in [0.15, 0.2) is 30.3 Å². The summed E-state index contributed by atoms with van der Waals surface area (Å²) in [6, 6.07) is 10.2. The fraction of sp³-hybridized carbons (Fsp3) is 0.667. The minimum Gasteiger partial charge on any atom is -0.461 e. The van der Waals surface area contributed by atoms with Crippen molar-refractivity contribution >= 4 is 5.97 Å². The maximum Gasteiger partial charge on any atom is 0.331 e. The van der Waals surface area contributed by atoms with Crippen LogP contribution in [0.3, 0.4) is 0 Å². The van der Waals surface area contributed by atoms with E-state index >= 15 is 0 Å². The van der Waals surface area contributed by atoms with Crippen LogP contribution in [0.25, 0.3) is 0 Å². The third kappa shape index (κ3) is 4.24. The molecule has 4 nitrogen and oxygen atoms in total. The number of piperidine rings is 1. The highest BCUT2D eigenvalue weighted by Crippen LogP contribution is 2.33. The van der Waals surface area contributed by atoms with Gasteiger partial charge in [0.05, 0.1) is 0 Å².